The Kier molecular flexibility index (Phi) is 8.31. The Labute approximate surface area is 206 Å². The number of aryl methyl sites for hydroxylation is 1. The molecule has 0 aliphatic carbocycles. The molecule has 1 amide bonds. The first-order valence-electron chi connectivity index (χ1n) is 10.3. The molecule has 3 rings (SSSR count). The smallest absolute Gasteiger partial charge is 0.272 e. The van der Waals surface area contributed by atoms with E-state index in [-0.39, 0.29) is 17.0 Å². The highest BCUT2D eigenvalue weighted by Gasteiger charge is 2.32. The topological polar surface area (TPSA) is 78.8 Å². The zero-order valence-electron chi connectivity index (χ0n) is 18.5. The number of carbonyl (C=O) groups is 1. The Bertz CT molecular complexity index is 1310. The maximum atomic E-state index is 13.3. The van der Waals surface area contributed by atoms with Crippen molar-refractivity contribution >= 4 is 33.7 Å². The molecule has 1 N–H and O–H groups in total. The molecule has 0 aliphatic heterocycles. The number of rotatable bonds is 8. The van der Waals surface area contributed by atoms with Crippen LogP contribution in [0.15, 0.2) is 82.8 Å². The molecule has 0 bridgehead atoms. The van der Waals surface area contributed by atoms with Crippen molar-refractivity contribution in [2.24, 2.45) is 5.10 Å². The molecule has 0 radical (unpaired) electrons. The van der Waals surface area contributed by atoms with Gasteiger partial charge in [0, 0.05) is 17.1 Å². The van der Waals surface area contributed by atoms with Crippen LogP contribution in [0.5, 0.6) is 0 Å². The van der Waals surface area contributed by atoms with Gasteiger partial charge >= 0.3 is 6.18 Å². The van der Waals surface area contributed by atoms with E-state index in [2.05, 4.69) is 10.5 Å². The summed E-state index contributed by atoms with van der Waals surface area (Å²) < 4.78 is 66.8. The first-order chi connectivity index (χ1) is 16.5. The van der Waals surface area contributed by atoms with E-state index in [9.17, 15) is 26.4 Å². The minimum absolute atomic E-state index is 0.00697. The van der Waals surface area contributed by atoms with Crippen LogP contribution in [0.1, 0.15) is 22.3 Å². The van der Waals surface area contributed by atoms with E-state index >= 15 is 0 Å². The number of alkyl halides is 3. The monoisotopic (exact) mass is 523 g/mol. The zero-order valence-corrected chi connectivity index (χ0v) is 20.0. The van der Waals surface area contributed by atoms with Gasteiger partial charge < -0.3 is 0 Å². The third kappa shape index (κ3) is 7.14. The minimum Gasteiger partial charge on any atom is -0.272 e. The molecular weight excluding hydrogens is 503 g/mol. The van der Waals surface area contributed by atoms with Gasteiger partial charge in [-0.15, -0.1) is 0 Å². The van der Waals surface area contributed by atoms with E-state index in [0.29, 0.717) is 10.6 Å². The number of nitrogens with zero attached hydrogens (tertiary/aromatic N) is 2. The second-order valence-corrected chi connectivity index (χ2v) is 9.97. The number of sulfonamides is 1. The average molecular weight is 524 g/mol. The van der Waals surface area contributed by atoms with Crippen LogP contribution >= 0.6 is 11.6 Å². The largest absolute Gasteiger partial charge is 0.417 e. The van der Waals surface area contributed by atoms with E-state index in [0.717, 1.165) is 22.1 Å². The van der Waals surface area contributed by atoms with Crippen LogP contribution in [0.2, 0.25) is 5.02 Å². The molecule has 6 nitrogen and oxygen atoms in total. The molecule has 35 heavy (non-hydrogen) atoms. The van der Waals surface area contributed by atoms with Crippen LogP contribution < -0.4 is 5.43 Å². The number of hydrogen-bond acceptors (Lipinski definition) is 4. The molecule has 0 spiro atoms. The minimum atomic E-state index is -4.59. The lowest BCUT2D eigenvalue weighted by atomic mass is 10.1. The summed E-state index contributed by atoms with van der Waals surface area (Å²) in [5.74, 6) is -0.824. The number of nitrogens with one attached hydrogen (secondary N) is 1. The first-order valence-corrected chi connectivity index (χ1v) is 12.1. The summed E-state index contributed by atoms with van der Waals surface area (Å²) in [5, 5.41) is 4.06. The molecule has 0 saturated carbocycles. The summed E-state index contributed by atoms with van der Waals surface area (Å²) in [5.41, 5.74) is 2.39. The van der Waals surface area contributed by atoms with Gasteiger partial charge in [0.2, 0.25) is 10.0 Å². The van der Waals surface area contributed by atoms with Crippen molar-refractivity contribution in [1.82, 2.24) is 9.73 Å². The fourth-order valence-electron chi connectivity index (χ4n) is 3.12. The highest BCUT2D eigenvalue weighted by molar-refractivity contribution is 7.89. The molecule has 0 heterocycles. The van der Waals surface area contributed by atoms with Crippen LogP contribution in [0.4, 0.5) is 13.2 Å². The molecule has 11 heteroatoms. The van der Waals surface area contributed by atoms with Crippen molar-refractivity contribution in [3.63, 3.8) is 0 Å². The second-order valence-electron chi connectivity index (χ2n) is 7.59. The summed E-state index contributed by atoms with van der Waals surface area (Å²) in [6, 6.07) is 17.3. The summed E-state index contributed by atoms with van der Waals surface area (Å²) in [7, 11) is -4.09. The number of carbonyl (C=O) groups excluding carboxylic acids is 1. The molecular formula is C24H21ClF3N3O3S. The lowest BCUT2D eigenvalue weighted by Gasteiger charge is -2.21. The maximum Gasteiger partial charge on any atom is 0.417 e. The van der Waals surface area contributed by atoms with Crippen molar-refractivity contribution in [2.45, 2.75) is 24.5 Å². The van der Waals surface area contributed by atoms with Crippen LogP contribution in [-0.2, 0) is 27.5 Å². The summed E-state index contributed by atoms with van der Waals surface area (Å²) in [6.45, 7) is 1.06. The Morgan fingerprint density at radius 3 is 2.29 bits per heavy atom. The van der Waals surface area contributed by atoms with E-state index in [1.807, 2.05) is 6.92 Å². The predicted octanol–water partition coefficient (Wildman–Crippen LogP) is 5.01. The molecule has 0 aromatic heterocycles. The zero-order chi connectivity index (χ0) is 25.6. The molecule has 184 valence electrons. The van der Waals surface area contributed by atoms with Crippen LogP contribution in [0, 0.1) is 6.92 Å². The second kappa shape index (κ2) is 11.0. The van der Waals surface area contributed by atoms with Crippen molar-refractivity contribution in [1.29, 1.82) is 0 Å². The summed E-state index contributed by atoms with van der Waals surface area (Å²) in [4.78, 5) is 12.5. The van der Waals surface area contributed by atoms with Crippen molar-refractivity contribution in [3.8, 4) is 0 Å². The van der Waals surface area contributed by atoms with Crippen molar-refractivity contribution in [2.75, 3.05) is 6.54 Å². The third-order valence-corrected chi connectivity index (χ3v) is 6.97. The Morgan fingerprint density at radius 1 is 1.03 bits per heavy atom. The van der Waals surface area contributed by atoms with Gasteiger partial charge in [0.25, 0.3) is 5.91 Å². The molecule has 0 aliphatic rings. The number of hydrazone groups is 1. The summed E-state index contributed by atoms with van der Waals surface area (Å²) in [6.07, 6.45) is -3.73. The number of halogens is 4. The fourth-order valence-corrected chi connectivity index (χ4v) is 4.63. The Balaban J connectivity index is 1.81. The standard InChI is InChI=1S/C24H21ClF3N3O3S/c1-17-6-12-21(13-7-17)35(33,34)31(15-18-8-10-20(25)11-9-18)16-23(32)30-29-14-19-4-2-3-5-22(19)24(26,27)28/h2-14H,15-16H2,1H3,(H,30,32). The lowest BCUT2D eigenvalue weighted by Crippen LogP contribution is -2.39. The van der Waals surface area contributed by atoms with Gasteiger partial charge in [0.15, 0.2) is 0 Å². The average Bonchev–Trinajstić information content (AvgIpc) is 2.80. The van der Waals surface area contributed by atoms with E-state index in [4.69, 9.17) is 11.6 Å². The Hall–Kier alpha value is -3.21. The first kappa shape index (κ1) is 26.4. The van der Waals surface area contributed by atoms with Crippen molar-refractivity contribution < 1.29 is 26.4 Å². The fraction of sp³-hybridized carbons (Fsp3) is 0.167. The number of hydrogen-bond donors (Lipinski definition) is 1. The number of amides is 1. The van der Waals surface area contributed by atoms with E-state index < -0.39 is 34.2 Å². The number of benzene rings is 3. The highest BCUT2D eigenvalue weighted by Crippen LogP contribution is 2.31. The van der Waals surface area contributed by atoms with Crippen LogP contribution in [0.3, 0.4) is 0 Å². The quantitative estimate of drug-likeness (QED) is 0.333. The molecule has 0 unspecified atom stereocenters. The van der Waals surface area contributed by atoms with Crippen LogP contribution in [0.25, 0.3) is 0 Å². The summed E-state index contributed by atoms with van der Waals surface area (Å²) >= 11 is 5.90. The third-order valence-electron chi connectivity index (χ3n) is 4.91. The molecule has 0 saturated heterocycles. The van der Waals surface area contributed by atoms with Gasteiger partial charge in [0.1, 0.15) is 0 Å². The lowest BCUT2D eigenvalue weighted by molar-refractivity contribution is -0.137. The van der Waals surface area contributed by atoms with Gasteiger partial charge in [-0.2, -0.15) is 22.6 Å². The van der Waals surface area contributed by atoms with E-state index in [1.165, 1.54) is 30.3 Å². The van der Waals surface area contributed by atoms with Gasteiger partial charge in [-0.05, 0) is 42.8 Å². The molecule has 0 fully saturated rings. The SMILES string of the molecule is Cc1ccc(S(=O)(=O)N(CC(=O)NN=Cc2ccccc2C(F)(F)F)Cc2ccc(Cl)cc2)cc1. The van der Waals surface area contributed by atoms with Gasteiger partial charge in [-0.3, -0.25) is 4.79 Å². The molecule has 3 aromatic rings. The van der Waals surface area contributed by atoms with Gasteiger partial charge in [0.05, 0.1) is 23.2 Å². The molecule has 0 atom stereocenters. The van der Waals surface area contributed by atoms with Crippen molar-refractivity contribution in [3.05, 3.63) is 100 Å². The van der Waals surface area contributed by atoms with Crippen LogP contribution in [-0.4, -0.2) is 31.4 Å². The normalized spacial score (nSPS) is 12.3. The molecule has 3 aromatic carbocycles. The Morgan fingerprint density at radius 2 is 1.66 bits per heavy atom. The van der Waals surface area contributed by atoms with Gasteiger partial charge in [-0.25, -0.2) is 13.8 Å². The highest BCUT2D eigenvalue weighted by atomic mass is 35.5. The maximum absolute atomic E-state index is 13.3. The predicted molar refractivity (Wildman–Crippen MR) is 127 cm³/mol. The van der Waals surface area contributed by atoms with Gasteiger partial charge in [-0.1, -0.05) is 59.6 Å². The van der Waals surface area contributed by atoms with E-state index in [1.54, 1.807) is 36.4 Å².